The Hall–Kier alpha value is -1.90. The maximum atomic E-state index is 12.9. The molecular formula is C20H25ClN4O3S. The van der Waals surface area contributed by atoms with Gasteiger partial charge in [0.2, 0.25) is 10.0 Å². The molecule has 29 heavy (non-hydrogen) atoms. The van der Waals surface area contributed by atoms with Crippen LogP contribution in [0.25, 0.3) is 0 Å². The summed E-state index contributed by atoms with van der Waals surface area (Å²) in [6.07, 6.45) is 8.98. The van der Waals surface area contributed by atoms with Gasteiger partial charge in [-0.2, -0.15) is 9.40 Å². The highest BCUT2D eigenvalue weighted by Crippen LogP contribution is 2.31. The van der Waals surface area contributed by atoms with Gasteiger partial charge in [0, 0.05) is 19.2 Å². The fourth-order valence-electron chi connectivity index (χ4n) is 4.13. The molecule has 2 heterocycles. The molecule has 2 aromatic rings. The summed E-state index contributed by atoms with van der Waals surface area (Å²) < 4.78 is 29.0. The van der Waals surface area contributed by atoms with E-state index in [0.717, 1.165) is 38.5 Å². The van der Waals surface area contributed by atoms with Crippen LogP contribution >= 0.6 is 11.6 Å². The Bertz CT molecular complexity index is 993. The molecule has 1 saturated heterocycles. The second-order valence-corrected chi connectivity index (χ2v) is 10.0. The van der Waals surface area contributed by atoms with Crippen molar-refractivity contribution in [2.45, 2.75) is 55.9 Å². The van der Waals surface area contributed by atoms with Crippen LogP contribution in [-0.2, 0) is 10.0 Å². The smallest absolute Gasteiger partial charge is 0.258 e. The van der Waals surface area contributed by atoms with Crippen molar-refractivity contribution >= 4 is 33.3 Å². The highest BCUT2D eigenvalue weighted by Gasteiger charge is 2.28. The molecule has 1 aromatic carbocycles. The van der Waals surface area contributed by atoms with Crippen LogP contribution in [0.2, 0.25) is 5.02 Å². The minimum absolute atomic E-state index is 0.0924. The Balaban J connectivity index is 1.57. The minimum atomic E-state index is -3.62. The van der Waals surface area contributed by atoms with Crippen molar-refractivity contribution < 1.29 is 13.2 Å². The Morgan fingerprint density at radius 3 is 2.52 bits per heavy atom. The van der Waals surface area contributed by atoms with Gasteiger partial charge >= 0.3 is 0 Å². The molecule has 2 aliphatic rings. The number of aromatic nitrogens is 2. The van der Waals surface area contributed by atoms with Gasteiger partial charge in [-0.3, -0.25) is 4.79 Å². The van der Waals surface area contributed by atoms with E-state index in [1.54, 1.807) is 12.3 Å². The summed E-state index contributed by atoms with van der Waals surface area (Å²) in [7, 11) is -3.62. The average molecular weight is 437 g/mol. The quantitative estimate of drug-likeness (QED) is 0.765. The van der Waals surface area contributed by atoms with E-state index < -0.39 is 15.9 Å². The van der Waals surface area contributed by atoms with Crippen molar-refractivity contribution in [3.8, 4) is 0 Å². The van der Waals surface area contributed by atoms with E-state index in [0.29, 0.717) is 18.9 Å². The van der Waals surface area contributed by atoms with Crippen LogP contribution in [-0.4, -0.2) is 41.5 Å². The molecule has 0 radical (unpaired) electrons. The van der Waals surface area contributed by atoms with Crippen molar-refractivity contribution in [2.24, 2.45) is 0 Å². The lowest BCUT2D eigenvalue weighted by Gasteiger charge is -2.24. The van der Waals surface area contributed by atoms with Gasteiger partial charge in [-0.1, -0.05) is 30.9 Å². The summed E-state index contributed by atoms with van der Waals surface area (Å²) in [4.78, 5) is 13.0. The number of sulfonamides is 1. The van der Waals surface area contributed by atoms with Gasteiger partial charge in [-0.25, -0.2) is 13.1 Å². The number of benzene rings is 1. The third kappa shape index (κ3) is 4.20. The normalized spacial score (nSPS) is 18.8. The molecule has 1 aliphatic heterocycles. The van der Waals surface area contributed by atoms with Crippen LogP contribution in [0, 0.1) is 0 Å². The van der Waals surface area contributed by atoms with Crippen LogP contribution in [0.15, 0.2) is 35.4 Å². The van der Waals surface area contributed by atoms with Gasteiger partial charge < -0.3 is 5.32 Å². The predicted octanol–water partition coefficient (Wildman–Crippen LogP) is 4.08. The third-order valence-electron chi connectivity index (χ3n) is 5.72. The topological polar surface area (TPSA) is 84.3 Å². The third-order valence-corrected chi connectivity index (χ3v) is 7.94. The summed E-state index contributed by atoms with van der Waals surface area (Å²) in [5, 5.41) is 7.46. The van der Waals surface area contributed by atoms with E-state index >= 15 is 0 Å². The first kappa shape index (κ1) is 20.4. The maximum absolute atomic E-state index is 12.9. The monoisotopic (exact) mass is 436 g/mol. The number of nitrogens with one attached hydrogen (secondary N) is 1. The van der Waals surface area contributed by atoms with E-state index in [1.165, 1.54) is 28.9 Å². The van der Waals surface area contributed by atoms with Crippen molar-refractivity contribution in [3.05, 3.63) is 41.0 Å². The molecule has 4 rings (SSSR count). The predicted molar refractivity (Wildman–Crippen MR) is 112 cm³/mol. The molecule has 1 amide bonds. The standard InChI is InChI=1S/C20H25ClN4O3S/c21-18-9-8-16(29(27,28)24-12-4-5-13-24)14-17(18)20(26)23-19-10-11-22-25(19)15-6-2-1-3-7-15/h8-11,14-15H,1-7,12-13H2,(H,23,26). The number of amides is 1. The molecule has 156 valence electrons. The van der Waals surface area contributed by atoms with E-state index in [2.05, 4.69) is 10.4 Å². The first-order valence-electron chi connectivity index (χ1n) is 10.1. The van der Waals surface area contributed by atoms with Crippen molar-refractivity contribution in [2.75, 3.05) is 18.4 Å². The van der Waals surface area contributed by atoms with Gasteiger partial charge in [-0.15, -0.1) is 0 Å². The summed E-state index contributed by atoms with van der Waals surface area (Å²) >= 11 is 6.24. The first-order chi connectivity index (χ1) is 14.0. The molecule has 7 nitrogen and oxygen atoms in total. The van der Waals surface area contributed by atoms with E-state index in [4.69, 9.17) is 11.6 Å². The summed E-state index contributed by atoms with van der Waals surface area (Å²) in [5.41, 5.74) is 0.142. The molecule has 0 atom stereocenters. The molecule has 0 bridgehead atoms. The largest absolute Gasteiger partial charge is 0.307 e. The average Bonchev–Trinajstić information content (AvgIpc) is 3.41. The maximum Gasteiger partial charge on any atom is 0.258 e. The lowest BCUT2D eigenvalue weighted by Crippen LogP contribution is -2.28. The van der Waals surface area contributed by atoms with Gasteiger partial charge in [0.05, 0.1) is 27.7 Å². The molecule has 1 saturated carbocycles. The molecule has 0 spiro atoms. The summed E-state index contributed by atoms with van der Waals surface area (Å²) in [6, 6.07) is 6.32. The number of halogens is 1. The molecule has 0 unspecified atom stereocenters. The van der Waals surface area contributed by atoms with Gasteiger partial charge in [0.25, 0.3) is 5.91 Å². The van der Waals surface area contributed by atoms with Gasteiger partial charge in [0.15, 0.2) is 0 Å². The Morgan fingerprint density at radius 2 is 1.79 bits per heavy atom. The van der Waals surface area contributed by atoms with E-state index in [1.807, 2.05) is 4.68 Å². The molecule has 2 fully saturated rings. The zero-order chi connectivity index (χ0) is 20.4. The van der Waals surface area contributed by atoms with Gasteiger partial charge in [-0.05, 0) is 43.9 Å². The highest BCUT2D eigenvalue weighted by molar-refractivity contribution is 7.89. The zero-order valence-corrected chi connectivity index (χ0v) is 17.8. The van der Waals surface area contributed by atoms with Gasteiger partial charge in [0.1, 0.15) is 5.82 Å². The molecule has 9 heteroatoms. The lowest BCUT2D eigenvalue weighted by atomic mass is 9.96. The van der Waals surface area contributed by atoms with Crippen LogP contribution in [0.3, 0.4) is 0 Å². The second-order valence-electron chi connectivity index (χ2n) is 7.66. The van der Waals surface area contributed by atoms with Crippen LogP contribution in [0.1, 0.15) is 61.3 Å². The van der Waals surface area contributed by atoms with Crippen molar-refractivity contribution in [3.63, 3.8) is 0 Å². The number of rotatable bonds is 5. The lowest BCUT2D eigenvalue weighted by molar-refractivity contribution is 0.102. The summed E-state index contributed by atoms with van der Waals surface area (Å²) in [6.45, 7) is 1.01. The number of carbonyl (C=O) groups excluding carboxylic acids is 1. The van der Waals surface area contributed by atoms with Crippen LogP contribution < -0.4 is 5.32 Å². The van der Waals surface area contributed by atoms with Crippen LogP contribution in [0.4, 0.5) is 5.82 Å². The van der Waals surface area contributed by atoms with E-state index in [-0.39, 0.29) is 21.5 Å². The fourth-order valence-corrected chi connectivity index (χ4v) is 5.88. The SMILES string of the molecule is O=C(Nc1ccnn1C1CCCCC1)c1cc(S(=O)(=O)N2CCCC2)ccc1Cl. The number of hydrogen-bond acceptors (Lipinski definition) is 4. The number of hydrogen-bond donors (Lipinski definition) is 1. The first-order valence-corrected chi connectivity index (χ1v) is 11.9. The minimum Gasteiger partial charge on any atom is -0.307 e. The fraction of sp³-hybridized carbons (Fsp3) is 0.500. The van der Waals surface area contributed by atoms with Crippen molar-refractivity contribution in [1.82, 2.24) is 14.1 Å². The molecule has 1 aromatic heterocycles. The molecular weight excluding hydrogens is 412 g/mol. The Labute approximate surface area is 176 Å². The number of anilines is 1. The Kier molecular flexibility index (Phi) is 5.94. The number of nitrogens with zero attached hydrogens (tertiary/aromatic N) is 3. The second kappa shape index (κ2) is 8.45. The molecule has 1 N–H and O–H groups in total. The molecule has 1 aliphatic carbocycles. The summed E-state index contributed by atoms with van der Waals surface area (Å²) in [5.74, 6) is 0.164. The van der Waals surface area contributed by atoms with Crippen molar-refractivity contribution in [1.29, 1.82) is 0 Å². The van der Waals surface area contributed by atoms with Crippen LogP contribution in [0.5, 0.6) is 0 Å². The zero-order valence-electron chi connectivity index (χ0n) is 16.2. The highest BCUT2D eigenvalue weighted by atomic mass is 35.5. The van der Waals surface area contributed by atoms with E-state index in [9.17, 15) is 13.2 Å². The number of carbonyl (C=O) groups is 1. The Morgan fingerprint density at radius 1 is 1.07 bits per heavy atom.